The lowest BCUT2D eigenvalue weighted by molar-refractivity contribution is -0.339. The quantitative estimate of drug-likeness (QED) is 0.105. The monoisotopic (exact) mass is 910 g/mol. The molecule has 0 aromatic carbocycles. The molecule has 3 saturated heterocycles. The van der Waals surface area contributed by atoms with Crippen LogP contribution in [0.1, 0.15) is 127 Å². The van der Waals surface area contributed by atoms with Crippen molar-refractivity contribution in [1.29, 1.82) is 0 Å². The van der Waals surface area contributed by atoms with Gasteiger partial charge in [-0.2, -0.15) is 0 Å². The lowest BCUT2D eigenvalue weighted by Crippen LogP contribution is -2.65. The zero-order valence-electron chi connectivity index (χ0n) is 39.2. The summed E-state index contributed by atoms with van der Waals surface area (Å²) < 4.78 is 49.7. The number of hydrogen-bond acceptors (Lipinski definition) is 17. The van der Waals surface area contributed by atoms with E-state index in [0.29, 0.717) is 32.1 Å². The number of ether oxygens (including phenoxy) is 8. The van der Waals surface area contributed by atoms with Crippen molar-refractivity contribution in [3.05, 3.63) is 0 Å². The number of aliphatic hydroxyl groups is 6. The SMILES string of the molecule is CC(=O)O[C@@H]1[C@@H](OC(C)=O)[C@H](O[C@H]2CC[C@]34C[C@]35CC[C@]3(C)[C@@H]([C@@]6(C)CC[C@@H](C(C)(C)O)O6)[C@@H](O)C[C@@]3(C)[C@@H]5C[C@H](O[C@@H]3O[C@H](CO)[C@@H](O)[C@H](O)[C@H]3O)[C@H]4C2(C)C)OC[C@H]1OC(C)=O. The van der Waals surface area contributed by atoms with Crippen LogP contribution in [0.3, 0.4) is 0 Å². The molecule has 0 aromatic rings. The van der Waals surface area contributed by atoms with Gasteiger partial charge in [0, 0.05) is 26.7 Å². The van der Waals surface area contributed by atoms with Gasteiger partial charge in [-0.3, -0.25) is 14.4 Å². The molecule has 3 aliphatic heterocycles. The first-order valence-corrected chi connectivity index (χ1v) is 23.5. The van der Waals surface area contributed by atoms with Crippen LogP contribution in [-0.4, -0.2) is 153 Å². The predicted molar refractivity (Wildman–Crippen MR) is 222 cm³/mol. The number of fused-ring (bicyclic) bond motifs is 2. The van der Waals surface area contributed by atoms with Gasteiger partial charge in [0.1, 0.15) is 24.4 Å². The zero-order chi connectivity index (χ0) is 46.9. The average Bonchev–Trinajstić information content (AvgIpc) is 3.55. The van der Waals surface area contributed by atoms with Crippen LogP contribution < -0.4 is 0 Å². The van der Waals surface area contributed by atoms with Gasteiger partial charge in [-0.1, -0.05) is 27.7 Å². The Labute approximate surface area is 376 Å². The van der Waals surface area contributed by atoms with Crippen LogP contribution in [-0.2, 0) is 52.3 Å². The van der Waals surface area contributed by atoms with Gasteiger partial charge in [-0.15, -0.1) is 0 Å². The first-order chi connectivity index (χ1) is 29.7. The lowest BCUT2D eigenvalue weighted by atomic mass is 9.41. The molecule has 64 heavy (non-hydrogen) atoms. The van der Waals surface area contributed by atoms with Crippen LogP contribution >= 0.6 is 0 Å². The van der Waals surface area contributed by atoms with Crippen molar-refractivity contribution < 1.29 is 82.9 Å². The number of hydrogen-bond donors (Lipinski definition) is 6. The number of aliphatic hydroxyl groups excluding tert-OH is 5. The standard InChI is InChI=1S/C47H74O17/c1-22(49)58-28-20-57-40(36(60-24(3)51)35(28)59-23(2)50)63-30-12-14-47-21-46(47)16-15-43(8)37(45(10)13-11-31(64-45)42(6,7)56)25(52)18-44(43,9)29(46)17-26(38(47)41(30,4)5)61-39-34(55)33(54)32(53)27(19-48)62-39/h25-40,48,52-56H,11-21H2,1-10H3/t25-,26-,27+,28+,29-,30-,31-,32+,33-,34+,35-,36+,37-,38-,39+,40-,43+,44-,45+,46-,47+/m0/s1. The van der Waals surface area contributed by atoms with E-state index >= 15 is 0 Å². The van der Waals surface area contributed by atoms with Crippen LogP contribution in [0, 0.1) is 44.8 Å². The van der Waals surface area contributed by atoms with E-state index in [4.69, 9.17) is 37.9 Å². The Bertz CT molecular complexity index is 1800. The molecule has 8 fully saturated rings. The summed E-state index contributed by atoms with van der Waals surface area (Å²) in [6.07, 6.45) is -7.96. The van der Waals surface area contributed by atoms with Crippen LogP contribution in [0.15, 0.2) is 0 Å². The minimum absolute atomic E-state index is 0.0469. The van der Waals surface area contributed by atoms with Gasteiger partial charge >= 0.3 is 17.9 Å². The molecular formula is C47H74O17. The normalized spacial score (nSPS) is 51.8. The summed E-state index contributed by atoms with van der Waals surface area (Å²) in [5.74, 6) is -2.39. The maximum absolute atomic E-state index is 12.6. The molecule has 0 unspecified atom stereocenters. The van der Waals surface area contributed by atoms with Crippen LogP contribution in [0.5, 0.6) is 0 Å². The third-order valence-corrected chi connectivity index (χ3v) is 18.5. The largest absolute Gasteiger partial charge is 0.456 e. The Morgan fingerprint density at radius 3 is 1.98 bits per heavy atom. The third-order valence-electron chi connectivity index (χ3n) is 18.5. The Balaban J connectivity index is 1.14. The highest BCUT2D eigenvalue weighted by atomic mass is 16.7. The van der Waals surface area contributed by atoms with Crippen molar-refractivity contribution in [3.63, 3.8) is 0 Å². The van der Waals surface area contributed by atoms with Gasteiger partial charge in [0.15, 0.2) is 30.9 Å². The van der Waals surface area contributed by atoms with E-state index in [9.17, 15) is 45.0 Å². The molecule has 17 nitrogen and oxygen atoms in total. The van der Waals surface area contributed by atoms with Gasteiger partial charge in [-0.25, -0.2) is 0 Å². The van der Waals surface area contributed by atoms with Gasteiger partial charge in [0.05, 0.1) is 48.8 Å². The Kier molecular flexibility index (Phi) is 12.3. The van der Waals surface area contributed by atoms with Crippen LogP contribution in [0.4, 0.5) is 0 Å². The van der Waals surface area contributed by atoms with Crippen LogP contribution in [0.2, 0.25) is 0 Å². The number of rotatable bonds is 10. The van der Waals surface area contributed by atoms with E-state index < -0.39 is 120 Å². The Hall–Kier alpha value is -2.03. The maximum atomic E-state index is 12.6. The molecule has 0 aromatic heterocycles. The fourth-order valence-corrected chi connectivity index (χ4v) is 15.8. The van der Waals surface area contributed by atoms with Crippen molar-refractivity contribution in [2.45, 2.75) is 218 Å². The fraction of sp³-hybridized carbons (Fsp3) is 0.936. The van der Waals surface area contributed by atoms with E-state index in [0.717, 1.165) is 25.7 Å². The minimum Gasteiger partial charge on any atom is -0.456 e. The second-order valence-electron chi connectivity index (χ2n) is 22.8. The summed E-state index contributed by atoms with van der Waals surface area (Å²) in [5.41, 5.74) is -3.59. The first kappa shape index (κ1) is 48.4. The number of carbonyl (C=O) groups is 3. The Morgan fingerprint density at radius 1 is 0.719 bits per heavy atom. The van der Waals surface area contributed by atoms with E-state index in [-0.39, 0.29) is 46.7 Å². The smallest absolute Gasteiger partial charge is 0.303 e. The molecule has 3 heterocycles. The van der Waals surface area contributed by atoms with Crippen molar-refractivity contribution >= 4 is 17.9 Å². The molecular weight excluding hydrogens is 837 g/mol. The van der Waals surface area contributed by atoms with Crippen molar-refractivity contribution in [1.82, 2.24) is 0 Å². The highest BCUT2D eigenvalue weighted by Crippen LogP contribution is 2.89. The highest BCUT2D eigenvalue weighted by molar-refractivity contribution is 5.68. The van der Waals surface area contributed by atoms with Crippen molar-refractivity contribution in [2.24, 2.45) is 44.8 Å². The lowest BCUT2D eigenvalue weighted by Gasteiger charge is -2.65. The summed E-state index contributed by atoms with van der Waals surface area (Å²) in [6, 6.07) is 0. The Morgan fingerprint density at radius 2 is 1.38 bits per heavy atom. The molecule has 8 rings (SSSR count). The minimum atomic E-state index is -1.65. The fourth-order valence-electron chi connectivity index (χ4n) is 15.8. The second-order valence-corrected chi connectivity index (χ2v) is 22.8. The van der Waals surface area contributed by atoms with Crippen LogP contribution in [0.25, 0.3) is 0 Å². The van der Waals surface area contributed by atoms with Gasteiger partial charge < -0.3 is 68.5 Å². The van der Waals surface area contributed by atoms with Gasteiger partial charge in [-0.05, 0) is 117 Å². The number of esters is 3. The van der Waals surface area contributed by atoms with E-state index in [1.54, 1.807) is 13.8 Å². The molecule has 2 spiro atoms. The topological polar surface area (TPSA) is 246 Å². The molecule has 0 bridgehead atoms. The highest BCUT2D eigenvalue weighted by Gasteiger charge is 2.85. The molecule has 21 atom stereocenters. The first-order valence-electron chi connectivity index (χ1n) is 23.5. The summed E-state index contributed by atoms with van der Waals surface area (Å²) >= 11 is 0. The average molecular weight is 911 g/mol. The van der Waals surface area contributed by atoms with E-state index in [2.05, 4.69) is 34.6 Å². The molecule has 5 aliphatic carbocycles. The molecule has 364 valence electrons. The summed E-state index contributed by atoms with van der Waals surface area (Å²) in [5, 5.41) is 66.5. The molecule has 17 heteroatoms. The zero-order valence-corrected chi connectivity index (χ0v) is 39.2. The molecule has 5 saturated carbocycles. The second kappa shape index (κ2) is 16.3. The molecule has 8 aliphatic rings. The van der Waals surface area contributed by atoms with Crippen molar-refractivity contribution in [3.8, 4) is 0 Å². The summed E-state index contributed by atoms with van der Waals surface area (Å²) in [4.78, 5) is 37.0. The summed E-state index contributed by atoms with van der Waals surface area (Å²) in [6.45, 7) is 17.3. The predicted octanol–water partition coefficient (Wildman–Crippen LogP) is 2.44. The van der Waals surface area contributed by atoms with E-state index in [1.165, 1.54) is 20.8 Å². The molecule has 6 N–H and O–H groups in total. The molecule has 0 amide bonds. The number of carbonyl (C=O) groups excluding carboxylic acids is 3. The van der Waals surface area contributed by atoms with Gasteiger partial charge in [0.2, 0.25) is 0 Å². The van der Waals surface area contributed by atoms with E-state index in [1.807, 2.05) is 0 Å². The van der Waals surface area contributed by atoms with Gasteiger partial charge in [0.25, 0.3) is 0 Å². The molecule has 0 radical (unpaired) electrons. The summed E-state index contributed by atoms with van der Waals surface area (Å²) in [7, 11) is 0. The third kappa shape index (κ3) is 7.39. The maximum Gasteiger partial charge on any atom is 0.303 e. The van der Waals surface area contributed by atoms with Crippen molar-refractivity contribution in [2.75, 3.05) is 13.2 Å².